The van der Waals surface area contributed by atoms with Crippen LogP contribution in [0.2, 0.25) is 0 Å². The second-order valence-corrected chi connectivity index (χ2v) is 1.01. The molecule has 0 amide bonds. The van der Waals surface area contributed by atoms with Gasteiger partial charge in [-0.2, -0.15) is 0 Å². The average Bonchev–Trinajstić information content (AvgIpc) is 1.85. The molecule has 0 saturated carbocycles. The lowest BCUT2D eigenvalue weighted by molar-refractivity contribution is -0.461. The fraction of sp³-hybridized carbons (Fsp3) is 0.250. The minimum absolute atomic E-state index is 0.0161. The molecule has 9 heavy (non-hydrogen) atoms. The van der Waals surface area contributed by atoms with E-state index in [1.165, 1.54) is 6.08 Å². The van der Waals surface area contributed by atoms with Crippen LogP contribution in [0.25, 0.3) is 0 Å². The lowest BCUT2D eigenvalue weighted by Crippen LogP contribution is -2.06. The zero-order chi connectivity index (χ0) is 7.11. The average molecular weight is 134 g/mol. The topological polar surface area (TPSA) is 65.0 Å². The van der Waals surface area contributed by atoms with Gasteiger partial charge in [0.1, 0.15) is 6.61 Å². The first-order valence-electron chi connectivity index (χ1n) is 2.07. The van der Waals surface area contributed by atoms with Gasteiger partial charge in [-0.1, -0.05) is 12.7 Å². The highest BCUT2D eigenvalue weighted by Crippen LogP contribution is 1.83. The fourth-order valence-corrected chi connectivity index (χ4v) is 0.181. The van der Waals surface area contributed by atoms with Gasteiger partial charge in [-0.3, -0.25) is 0 Å². The molecule has 0 atom stereocenters. The fourth-order valence-electron chi connectivity index (χ4n) is 0.181. The van der Waals surface area contributed by atoms with E-state index in [4.69, 9.17) is 5.26 Å². The Hall–Kier alpha value is -1.07. The molecule has 0 spiro atoms. The quantitative estimate of drug-likeness (QED) is 0.267. The molecule has 0 heterocycles. The molecule has 1 N–H and O–H groups in total. The second kappa shape index (κ2) is 5.07. The number of hydrogen-bond donors (Lipinski definition) is 1. The van der Waals surface area contributed by atoms with Crippen LogP contribution in [-0.2, 0) is 14.7 Å². The van der Waals surface area contributed by atoms with Crippen molar-refractivity contribution in [3.8, 4) is 0 Å². The second-order valence-electron chi connectivity index (χ2n) is 1.01. The number of carbonyl (C=O) groups is 1. The van der Waals surface area contributed by atoms with E-state index in [-0.39, 0.29) is 6.61 Å². The van der Waals surface area contributed by atoms with Gasteiger partial charge in [0.05, 0.1) is 0 Å². The van der Waals surface area contributed by atoms with Gasteiger partial charge in [0.2, 0.25) is 0 Å². The van der Waals surface area contributed by atoms with Crippen molar-refractivity contribution < 1.29 is 24.7 Å². The van der Waals surface area contributed by atoms with Crippen molar-refractivity contribution in [2.24, 2.45) is 0 Å². The van der Waals surface area contributed by atoms with E-state index in [9.17, 15) is 4.79 Å². The maximum absolute atomic E-state index is 10.0. The van der Waals surface area contributed by atoms with E-state index in [0.717, 1.165) is 0 Å². The van der Waals surface area contributed by atoms with Crippen LogP contribution in [0.4, 0.5) is 4.79 Å². The predicted molar refractivity (Wildman–Crippen MR) is 26.3 cm³/mol. The Labute approximate surface area is 51.3 Å². The monoisotopic (exact) mass is 134 g/mol. The minimum atomic E-state index is -1.11. The zero-order valence-electron chi connectivity index (χ0n) is 4.57. The maximum Gasteiger partial charge on any atom is 0.542 e. The van der Waals surface area contributed by atoms with E-state index in [1.54, 1.807) is 0 Å². The third kappa shape index (κ3) is 4.79. The third-order valence-electron chi connectivity index (χ3n) is 0.424. The van der Waals surface area contributed by atoms with Gasteiger partial charge in [-0.05, 0) is 5.04 Å². The molecule has 0 unspecified atom stereocenters. The summed E-state index contributed by atoms with van der Waals surface area (Å²) in [7, 11) is 0. The van der Waals surface area contributed by atoms with Gasteiger partial charge < -0.3 is 4.74 Å². The highest BCUT2D eigenvalue weighted by Gasteiger charge is 2.00. The lowest BCUT2D eigenvalue weighted by Gasteiger charge is -1.95. The van der Waals surface area contributed by atoms with Crippen molar-refractivity contribution in [3.05, 3.63) is 12.7 Å². The summed E-state index contributed by atoms with van der Waals surface area (Å²) in [5, 5.41) is 10.5. The molecule has 0 saturated heterocycles. The summed E-state index contributed by atoms with van der Waals surface area (Å²) in [5.41, 5.74) is 0. The number of hydrogen-bond acceptors (Lipinski definition) is 5. The first-order valence-corrected chi connectivity index (χ1v) is 2.07. The van der Waals surface area contributed by atoms with E-state index < -0.39 is 6.16 Å². The molecule has 0 bridgehead atoms. The molecule has 0 aromatic rings. The normalized spacial score (nSPS) is 8.11. The molecule has 0 aliphatic rings. The summed E-state index contributed by atoms with van der Waals surface area (Å²) in [6.07, 6.45) is 0.232. The van der Waals surface area contributed by atoms with Crippen LogP contribution >= 0.6 is 0 Å². The molecule has 0 fully saturated rings. The molecule has 5 heteroatoms. The Morgan fingerprint density at radius 1 is 1.78 bits per heavy atom. The molecule has 0 aliphatic heterocycles. The van der Waals surface area contributed by atoms with Crippen LogP contribution in [0, 0.1) is 0 Å². The molecule has 0 rings (SSSR count). The predicted octanol–water partition coefficient (Wildman–Crippen LogP) is 0.730. The van der Waals surface area contributed by atoms with E-state index in [2.05, 4.69) is 21.2 Å². The Balaban J connectivity index is 3.16. The van der Waals surface area contributed by atoms with Gasteiger partial charge in [0.25, 0.3) is 0 Å². The van der Waals surface area contributed by atoms with E-state index >= 15 is 0 Å². The molecular weight excluding hydrogens is 128 g/mol. The van der Waals surface area contributed by atoms with Gasteiger partial charge in [0.15, 0.2) is 0 Å². The molecular formula is C4H6O5. The smallest absolute Gasteiger partial charge is 0.428 e. The van der Waals surface area contributed by atoms with Crippen molar-refractivity contribution >= 4 is 6.16 Å². The van der Waals surface area contributed by atoms with Gasteiger partial charge in [-0.25, -0.2) is 14.9 Å². The largest absolute Gasteiger partial charge is 0.542 e. The highest BCUT2D eigenvalue weighted by molar-refractivity contribution is 5.58. The summed E-state index contributed by atoms with van der Waals surface area (Å²) >= 11 is 0. The van der Waals surface area contributed by atoms with Crippen molar-refractivity contribution in [3.63, 3.8) is 0 Å². The molecule has 0 aromatic heterocycles. The van der Waals surface area contributed by atoms with Crippen molar-refractivity contribution in [2.45, 2.75) is 0 Å². The first-order chi connectivity index (χ1) is 4.31. The SMILES string of the molecule is C=CCOC(=O)OOO. The highest BCUT2D eigenvalue weighted by atomic mass is 17.5. The maximum atomic E-state index is 10.0. The third-order valence-corrected chi connectivity index (χ3v) is 0.424. The summed E-state index contributed by atoms with van der Waals surface area (Å²) in [4.78, 5) is 13.5. The van der Waals surface area contributed by atoms with Gasteiger partial charge in [0, 0.05) is 0 Å². The first kappa shape index (κ1) is 7.93. The zero-order valence-corrected chi connectivity index (χ0v) is 4.57. The number of rotatable bonds is 3. The summed E-state index contributed by atoms with van der Waals surface area (Å²) < 4.78 is 4.17. The summed E-state index contributed by atoms with van der Waals surface area (Å²) in [5.74, 6) is 0. The Morgan fingerprint density at radius 2 is 2.44 bits per heavy atom. The Bertz CT molecular complexity index is 99.1. The Morgan fingerprint density at radius 3 is 2.89 bits per heavy atom. The molecule has 0 aromatic carbocycles. The minimum Gasteiger partial charge on any atom is -0.428 e. The summed E-state index contributed by atoms with van der Waals surface area (Å²) in [6, 6.07) is 0. The Kier molecular flexibility index (Phi) is 4.47. The molecule has 5 nitrogen and oxygen atoms in total. The number of ether oxygens (including phenoxy) is 1. The summed E-state index contributed by atoms with van der Waals surface area (Å²) in [6.45, 7) is 3.27. The standard InChI is InChI=1S/C4H6O5/c1-2-3-7-4(5)8-9-6/h2,6H,1,3H2. The van der Waals surface area contributed by atoms with E-state index in [1.807, 2.05) is 0 Å². The van der Waals surface area contributed by atoms with Gasteiger partial charge in [-0.15, -0.1) is 0 Å². The van der Waals surface area contributed by atoms with E-state index in [0.29, 0.717) is 0 Å². The van der Waals surface area contributed by atoms with Crippen molar-refractivity contribution in [2.75, 3.05) is 6.61 Å². The molecule has 0 aliphatic carbocycles. The lowest BCUT2D eigenvalue weighted by atomic mass is 10.7. The van der Waals surface area contributed by atoms with Crippen LogP contribution in [-0.4, -0.2) is 18.0 Å². The molecule has 52 valence electrons. The van der Waals surface area contributed by atoms with Crippen LogP contribution < -0.4 is 0 Å². The van der Waals surface area contributed by atoms with Gasteiger partial charge >= 0.3 is 6.16 Å². The van der Waals surface area contributed by atoms with Crippen LogP contribution in [0.15, 0.2) is 12.7 Å². The van der Waals surface area contributed by atoms with Crippen LogP contribution in [0.5, 0.6) is 0 Å². The number of carbonyl (C=O) groups excluding carboxylic acids is 1. The van der Waals surface area contributed by atoms with Crippen LogP contribution in [0.3, 0.4) is 0 Å². The van der Waals surface area contributed by atoms with Crippen molar-refractivity contribution in [1.29, 1.82) is 0 Å². The van der Waals surface area contributed by atoms with Crippen LogP contribution in [0.1, 0.15) is 0 Å². The molecule has 0 radical (unpaired) electrons. The van der Waals surface area contributed by atoms with Crippen molar-refractivity contribution in [1.82, 2.24) is 0 Å².